The molecule has 2 N–H and O–H groups in total. The van der Waals surface area contributed by atoms with Crippen LogP contribution >= 0.6 is 11.6 Å². The number of amides is 1. The van der Waals surface area contributed by atoms with Gasteiger partial charge in [-0.05, 0) is 92.4 Å². The normalized spacial score (nSPS) is 15.0. The molecule has 3 aromatic carbocycles. The first-order valence-corrected chi connectivity index (χ1v) is 15.6. The van der Waals surface area contributed by atoms with E-state index in [1.165, 1.54) is 46.8 Å². The molecule has 8 nitrogen and oxygen atoms in total. The third kappa shape index (κ3) is 6.55. The Labute approximate surface area is 229 Å². The number of carbonyl (C=O) groups is 1. The van der Waals surface area contributed by atoms with Crippen LogP contribution in [0.1, 0.15) is 47.2 Å². The number of hydrogen-bond donors (Lipinski definition) is 2. The molecule has 0 atom stereocenters. The summed E-state index contributed by atoms with van der Waals surface area (Å²) in [5.41, 5.74) is 2.64. The van der Waals surface area contributed by atoms with Crippen LogP contribution in [0.25, 0.3) is 0 Å². The molecule has 38 heavy (non-hydrogen) atoms. The Morgan fingerprint density at radius 3 is 2.00 bits per heavy atom. The molecule has 0 aliphatic carbocycles. The summed E-state index contributed by atoms with van der Waals surface area (Å²) in [4.78, 5) is 12.9. The second-order valence-electron chi connectivity index (χ2n) is 9.42. The fourth-order valence-corrected chi connectivity index (χ4v) is 7.52. The predicted molar refractivity (Wildman–Crippen MR) is 150 cm³/mol. The second kappa shape index (κ2) is 11.4. The number of sulfonamides is 2. The van der Waals surface area contributed by atoms with Crippen molar-refractivity contribution in [1.82, 2.24) is 4.31 Å². The van der Waals surface area contributed by atoms with Crippen LogP contribution < -0.4 is 10.0 Å². The zero-order chi connectivity index (χ0) is 27.5. The van der Waals surface area contributed by atoms with Crippen LogP contribution in [0.2, 0.25) is 5.02 Å². The van der Waals surface area contributed by atoms with Gasteiger partial charge in [0.25, 0.3) is 15.9 Å². The number of nitrogens with zero attached hydrogens (tertiary/aromatic N) is 1. The van der Waals surface area contributed by atoms with Gasteiger partial charge in [0.05, 0.1) is 9.92 Å². The van der Waals surface area contributed by atoms with Gasteiger partial charge in [-0.2, -0.15) is 4.31 Å². The van der Waals surface area contributed by atoms with E-state index in [1.807, 2.05) is 19.9 Å². The summed E-state index contributed by atoms with van der Waals surface area (Å²) in [7, 11) is -7.68. The van der Waals surface area contributed by atoms with Crippen molar-refractivity contribution in [3.05, 3.63) is 82.4 Å². The lowest BCUT2D eigenvalue weighted by atomic mass is 10.1. The lowest BCUT2D eigenvalue weighted by molar-refractivity contribution is 0.102. The summed E-state index contributed by atoms with van der Waals surface area (Å²) >= 11 is 6.20. The standard InChI is InChI=1S/C27H30ClN3O5S2/c1-19-15-20(2)17-23(16-19)30-37(33,34)26-18-21(7-12-25(26)28)27(32)29-22-8-10-24(11-9-22)38(35,36)31-13-5-3-4-6-14-31/h7-12,15-18,30H,3-6,13-14H2,1-2H3,(H,29,32). The molecule has 1 saturated heterocycles. The number of halogens is 1. The number of anilines is 2. The van der Waals surface area contributed by atoms with E-state index in [2.05, 4.69) is 10.0 Å². The van der Waals surface area contributed by atoms with E-state index in [0.717, 1.165) is 36.8 Å². The topological polar surface area (TPSA) is 113 Å². The lowest BCUT2D eigenvalue weighted by Gasteiger charge is -2.20. The van der Waals surface area contributed by atoms with Crippen molar-refractivity contribution in [3.8, 4) is 0 Å². The zero-order valence-corrected chi connectivity index (χ0v) is 23.6. The third-order valence-corrected chi connectivity index (χ3v) is 10.0. The Balaban J connectivity index is 1.51. The van der Waals surface area contributed by atoms with E-state index in [4.69, 9.17) is 11.6 Å². The summed E-state index contributed by atoms with van der Waals surface area (Å²) in [6.45, 7) is 4.72. The van der Waals surface area contributed by atoms with Crippen molar-refractivity contribution in [3.63, 3.8) is 0 Å². The Morgan fingerprint density at radius 2 is 1.39 bits per heavy atom. The highest BCUT2D eigenvalue weighted by molar-refractivity contribution is 7.92. The highest BCUT2D eigenvalue weighted by Crippen LogP contribution is 2.27. The minimum absolute atomic E-state index is 0.0264. The minimum Gasteiger partial charge on any atom is -0.322 e. The minimum atomic E-state index is -4.08. The summed E-state index contributed by atoms with van der Waals surface area (Å²) in [6.07, 6.45) is 3.72. The van der Waals surface area contributed by atoms with Crippen molar-refractivity contribution in [2.24, 2.45) is 0 Å². The second-order valence-corrected chi connectivity index (χ2v) is 13.4. The molecule has 1 fully saturated rings. The molecular weight excluding hydrogens is 546 g/mol. The Bertz CT molecular complexity index is 1530. The van der Waals surface area contributed by atoms with Gasteiger partial charge in [0.1, 0.15) is 4.90 Å². The maximum atomic E-state index is 13.1. The van der Waals surface area contributed by atoms with E-state index < -0.39 is 26.0 Å². The first kappa shape index (κ1) is 28.1. The smallest absolute Gasteiger partial charge is 0.263 e. The molecular formula is C27H30ClN3O5S2. The molecule has 1 aliphatic heterocycles. The molecule has 0 bridgehead atoms. The van der Waals surface area contributed by atoms with Crippen molar-refractivity contribution in [2.75, 3.05) is 23.1 Å². The van der Waals surface area contributed by atoms with Crippen LogP contribution in [0.5, 0.6) is 0 Å². The van der Waals surface area contributed by atoms with Crippen LogP contribution in [0, 0.1) is 13.8 Å². The highest BCUT2D eigenvalue weighted by atomic mass is 35.5. The molecule has 0 aromatic heterocycles. The van der Waals surface area contributed by atoms with E-state index in [0.29, 0.717) is 24.5 Å². The SMILES string of the molecule is Cc1cc(C)cc(NS(=O)(=O)c2cc(C(=O)Nc3ccc(S(=O)(=O)N4CCCCCC4)cc3)ccc2Cl)c1. The average Bonchev–Trinajstić information content (AvgIpc) is 3.14. The highest BCUT2D eigenvalue weighted by Gasteiger charge is 2.25. The molecule has 1 amide bonds. The third-order valence-electron chi connectivity index (χ3n) is 6.27. The van der Waals surface area contributed by atoms with E-state index in [1.54, 1.807) is 12.1 Å². The number of rotatable bonds is 7. The fourth-order valence-electron chi connectivity index (χ4n) is 4.44. The average molecular weight is 576 g/mol. The van der Waals surface area contributed by atoms with Crippen LogP contribution in [0.15, 0.2) is 70.5 Å². The van der Waals surface area contributed by atoms with Gasteiger partial charge in [-0.3, -0.25) is 9.52 Å². The van der Waals surface area contributed by atoms with Crippen molar-refractivity contribution < 1.29 is 21.6 Å². The molecule has 0 unspecified atom stereocenters. The van der Waals surface area contributed by atoms with Gasteiger partial charge in [-0.1, -0.05) is 30.5 Å². The molecule has 4 rings (SSSR count). The van der Waals surface area contributed by atoms with Gasteiger partial charge in [0, 0.05) is 30.0 Å². The van der Waals surface area contributed by atoms with Gasteiger partial charge in [0.2, 0.25) is 10.0 Å². The molecule has 11 heteroatoms. The Morgan fingerprint density at radius 1 is 0.789 bits per heavy atom. The molecule has 1 heterocycles. The van der Waals surface area contributed by atoms with E-state index >= 15 is 0 Å². The summed E-state index contributed by atoms with van der Waals surface area (Å²) < 4.78 is 56.2. The quantitative estimate of drug-likeness (QED) is 0.382. The van der Waals surface area contributed by atoms with Crippen molar-refractivity contribution >= 4 is 48.9 Å². The number of nitrogens with one attached hydrogen (secondary N) is 2. The molecule has 0 radical (unpaired) electrons. The summed E-state index contributed by atoms with van der Waals surface area (Å²) in [5, 5.41) is 2.66. The Hall–Kier alpha value is -2.92. The number of carbonyl (C=O) groups excluding carboxylic acids is 1. The summed E-state index contributed by atoms with van der Waals surface area (Å²) in [6, 6.07) is 15.2. The molecule has 0 spiro atoms. The van der Waals surface area contributed by atoms with Crippen molar-refractivity contribution in [2.45, 2.75) is 49.3 Å². The Kier molecular flexibility index (Phi) is 8.46. The van der Waals surface area contributed by atoms with Gasteiger partial charge < -0.3 is 5.32 Å². The van der Waals surface area contributed by atoms with Crippen LogP contribution in [-0.4, -0.2) is 40.1 Å². The lowest BCUT2D eigenvalue weighted by Crippen LogP contribution is -2.31. The first-order valence-electron chi connectivity index (χ1n) is 12.3. The van der Waals surface area contributed by atoms with Gasteiger partial charge in [-0.25, -0.2) is 16.8 Å². The van der Waals surface area contributed by atoms with Crippen molar-refractivity contribution in [1.29, 1.82) is 0 Å². The first-order chi connectivity index (χ1) is 18.0. The summed E-state index contributed by atoms with van der Waals surface area (Å²) in [5.74, 6) is -0.562. The van der Waals surface area contributed by atoms with Crippen LogP contribution in [-0.2, 0) is 20.0 Å². The van der Waals surface area contributed by atoms with Gasteiger partial charge in [-0.15, -0.1) is 0 Å². The van der Waals surface area contributed by atoms with Gasteiger partial charge in [0.15, 0.2) is 0 Å². The molecule has 1 aliphatic rings. The fraction of sp³-hybridized carbons (Fsp3) is 0.296. The van der Waals surface area contributed by atoms with Gasteiger partial charge >= 0.3 is 0 Å². The largest absolute Gasteiger partial charge is 0.322 e. The number of hydrogen-bond acceptors (Lipinski definition) is 5. The number of aryl methyl sites for hydroxylation is 2. The maximum Gasteiger partial charge on any atom is 0.263 e. The maximum absolute atomic E-state index is 13.1. The number of benzene rings is 3. The predicted octanol–water partition coefficient (Wildman–Crippen LogP) is 5.57. The molecule has 3 aromatic rings. The van der Waals surface area contributed by atoms with E-state index in [-0.39, 0.29) is 20.4 Å². The molecule has 0 saturated carbocycles. The molecule has 202 valence electrons. The van der Waals surface area contributed by atoms with Crippen LogP contribution in [0.4, 0.5) is 11.4 Å². The van der Waals surface area contributed by atoms with Crippen LogP contribution in [0.3, 0.4) is 0 Å². The monoisotopic (exact) mass is 575 g/mol. The van der Waals surface area contributed by atoms with E-state index in [9.17, 15) is 21.6 Å². The zero-order valence-electron chi connectivity index (χ0n) is 21.2.